The van der Waals surface area contributed by atoms with Crippen LogP contribution >= 0.6 is 11.6 Å². The van der Waals surface area contributed by atoms with Gasteiger partial charge in [0.05, 0.1) is 19.6 Å². The zero-order valence-corrected chi connectivity index (χ0v) is 15.6. The fourth-order valence-electron chi connectivity index (χ4n) is 3.06. The van der Waals surface area contributed by atoms with Gasteiger partial charge in [0, 0.05) is 25.0 Å². The van der Waals surface area contributed by atoms with Gasteiger partial charge in [-0.1, -0.05) is 23.7 Å². The van der Waals surface area contributed by atoms with Gasteiger partial charge in [-0.3, -0.25) is 9.78 Å². The molecule has 0 aliphatic carbocycles. The van der Waals surface area contributed by atoms with Gasteiger partial charge in [0.15, 0.2) is 0 Å². The van der Waals surface area contributed by atoms with Gasteiger partial charge in [-0.05, 0) is 37.5 Å². The topological polar surface area (TPSA) is 51.7 Å². The molecule has 138 valence electrons. The van der Waals surface area contributed by atoms with Crippen LogP contribution in [0, 0.1) is 0 Å². The number of rotatable bonds is 6. The largest absolute Gasteiger partial charge is 0.494 e. The number of piperidine rings is 1. The molecule has 1 aromatic carbocycles. The van der Waals surface area contributed by atoms with Crippen molar-refractivity contribution in [3.63, 3.8) is 0 Å². The Morgan fingerprint density at radius 3 is 2.85 bits per heavy atom. The molecule has 6 heteroatoms. The Morgan fingerprint density at radius 2 is 2.12 bits per heavy atom. The Morgan fingerprint density at radius 1 is 1.31 bits per heavy atom. The van der Waals surface area contributed by atoms with Crippen molar-refractivity contribution in [2.45, 2.75) is 32.3 Å². The molecule has 5 nitrogen and oxygen atoms in total. The van der Waals surface area contributed by atoms with Crippen molar-refractivity contribution in [1.29, 1.82) is 0 Å². The molecule has 1 amide bonds. The van der Waals surface area contributed by atoms with Crippen LogP contribution in [0.5, 0.6) is 11.5 Å². The van der Waals surface area contributed by atoms with Crippen molar-refractivity contribution < 1.29 is 14.3 Å². The number of nitrogens with zero attached hydrogens (tertiary/aromatic N) is 2. The van der Waals surface area contributed by atoms with Gasteiger partial charge < -0.3 is 14.4 Å². The third kappa shape index (κ3) is 4.88. The second-order valence-electron chi connectivity index (χ2n) is 6.28. The molecule has 2 aromatic rings. The van der Waals surface area contributed by atoms with E-state index in [9.17, 15) is 4.79 Å². The quantitative estimate of drug-likeness (QED) is 0.772. The van der Waals surface area contributed by atoms with Crippen LogP contribution in [0.3, 0.4) is 0 Å². The minimum Gasteiger partial charge on any atom is -0.494 e. The number of benzene rings is 1. The Balaban J connectivity index is 1.56. The van der Waals surface area contributed by atoms with Crippen molar-refractivity contribution in [3.8, 4) is 11.5 Å². The van der Waals surface area contributed by atoms with E-state index in [0.29, 0.717) is 30.3 Å². The third-order valence-corrected chi connectivity index (χ3v) is 4.63. The van der Waals surface area contributed by atoms with E-state index < -0.39 is 0 Å². The number of ether oxygens (including phenoxy) is 2. The molecule has 0 bridgehead atoms. The zero-order valence-electron chi connectivity index (χ0n) is 14.9. The van der Waals surface area contributed by atoms with Crippen LogP contribution in [-0.2, 0) is 11.2 Å². The van der Waals surface area contributed by atoms with E-state index in [1.807, 2.05) is 36.1 Å². The van der Waals surface area contributed by atoms with E-state index in [-0.39, 0.29) is 12.0 Å². The normalized spacial score (nSPS) is 17.0. The van der Waals surface area contributed by atoms with Crippen molar-refractivity contribution in [2.24, 2.45) is 0 Å². The van der Waals surface area contributed by atoms with Crippen LogP contribution in [0.15, 0.2) is 42.7 Å². The number of carbonyl (C=O) groups is 1. The van der Waals surface area contributed by atoms with Gasteiger partial charge in [0.2, 0.25) is 5.91 Å². The molecule has 0 saturated carbocycles. The van der Waals surface area contributed by atoms with E-state index in [0.717, 1.165) is 30.7 Å². The van der Waals surface area contributed by atoms with Gasteiger partial charge >= 0.3 is 0 Å². The molecule has 3 rings (SSSR count). The molecular formula is C20H23ClN2O3. The number of aromatic nitrogens is 1. The smallest absolute Gasteiger partial charge is 0.227 e. The van der Waals surface area contributed by atoms with Crippen LogP contribution < -0.4 is 9.47 Å². The lowest BCUT2D eigenvalue weighted by Gasteiger charge is -2.33. The minimum absolute atomic E-state index is 0.0482. The van der Waals surface area contributed by atoms with Gasteiger partial charge in [-0.2, -0.15) is 0 Å². The zero-order chi connectivity index (χ0) is 18.4. The number of hydrogen-bond donors (Lipinski definition) is 0. The van der Waals surface area contributed by atoms with Crippen LogP contribution in [-0.4, -0.2) is 41.6 Å². The molecule has 1 saturated heterocycles. The lowest BCUT2D eigenvalue weighted by Crippen LogP contribution is -2.45. The summed E-state index contributed by atoms with van der Waals surface area (Å²) in [6.45, 7) is 3.93. The maximum absolute atomic E-state index is 12.6. The first-order valence-electron chi connectivity index (χ1n) is 8.91. The summed E-state index contributed by atoms with van der Waals surface area (Å²) >= 11 is 6.11. The minimum atomic E-state index is -0.0482. The van der Waals surface area contributed by atoms with E-state index in [1.165, 1.54) is 0 Å². The Bertz CT molecular complexity index is 736. The number of amides is 1. The highest BCUT2D eigenvalue weighted by Gasteiger charge is 2.25. The maximum atomic E-state index is 12.6. The second-order valence-corrected chi connectivity index (χ2v) is 6.69. The fraction of sp³-hybridized carbons (Fsp3) is 0.400. The van der Waals surface area contributed by atoms with E-state index >= 15 is 0 Å². The molecule has 1 aliphatic heterocycles. The Labute approximate surface area is 158 Å². The predicted molar refractivity (Wildman–Crippen MR) is 101 cm³/mol. The second kappa shape index (κ2) is 8.90. The molecule has 0 spiro atoms. The lowest BCUT2D eigenvalue weighted by atomic mass is 10.1. The van der Waals surface area contributed by atoms with Crippen LogP contribution in [0.4, 0.5) is 0 Å². The van der Waals surface area contributed by atoms with E-state index in [1.54, 1.807) is 18.5 Å². The van der Waals surface area contributed by atoms with E-state index in [2.05, 4.69) is 4.98 Å². The number of halogens is 1. The van der Waals surface area contributed by atoms with Crippen molar-refractivity contribution in [3.05, 3.63) is 53.3 Å². The first kappa shape index (κ1) is 18.5. The average Bonchev–Trinajstić information content (AvgIpc) is 2.66. The molecule has 1 atom stereocenters. The maximum Gasteiger partial charge on any atom is 0.227 e. The Hall–Kier alpha value is -2.27. The van der Waals surface area contributed by atoms with Crippen LogP contribution in [0.2, 0.25) is 5.02 Å². The van der Waals surface area contributed by atoms with Gasteiger partial charge in [0.25, 0.3) is 0 Å². The molecule has 1 fully saturated rings. The average molecular weight is 375 g/mol. The molecule has 0 N–H and O–H groups in total. The van der Waals surface area contributed by atoms with Gasteiger partial charge in [-0.15, -0.1) is 0 Å². The number of carbonyl (C=O) groups excluding carboxylic acids is 1. The highest BCUT2D eigenvalue weighted by molar-refractivity contribution is 6.31. The fourth-order valence-corrected chi connectivity index (χ4v) is 3.22. The molecule has 26 heavy (non-hydrogen) atoms. The van der Waals surface area contributed by atoms with E-state index in [4.69, 9.17) is 21.1 Å². The SMILES string of the molecule is CCOc1ccc(CC(=O)N2CCCC(Oc3ccncc3Cl)C2)cc1. The number of hydrogen-bond acceptors (Lipinski definition) is 4. The Kier molecular flexibility index (Phi) is 6.34. The standard InChI is InChI=1S/C20H23ClN2O3/c1-2-25-16-7-5-15(6-8-16)12-20(24)23-11-3-4-17(14-23)26-19-9-10-22-13-18(19)21/h5-10,13,17H,2-4,11-12,14H2,1H3. The molecule has 1 aromatic heterocycles. The molecule has 1 aliphatic rings. The summed E-state index contributed by atoms with van der Waals surface area (Å²) in [5.41, 5.74) is 0.985. The predicted octanol–water partition coefficient (Wildman–Crippen LogP) is 3.75. The lowest BCUT2D eigenvalue weighted by molar-refractivity contribution is -0.133. The summed E-state index contributed by atoms with van der Waals surface area (Å²) in [5.74, 6) is 1.56. The summed E-state index contributed by atoms with van der Waals surface area (Å²) in [7, 11) is 0. The summed E-state index contributed by atoms with van der Waals surface area (Å²) in [6, 6.07) is 9.44. The third-order valence-electron chi connectivity index (χ3n) is 4.35. The summed E-state index contributed by atoms with van der Waals surface area (Å²) in [6.07, 6.45) is 5.38. The highest BCUT2D eigenvalue weighted by atomic mass is 35.5. The molecule has 1 unspecified atom stereocenters. The number of pyridine rings is 1. The summed E-state index contributed by atoms with van der Waals surface area (Å²) < 4.78 is 11.4. The van der Waals surface area contributed by atoms with Crippen molar-refractivity contribution >= 4 is 17.5 Å². The van der Waals surface area contributed by atoms with Gasteiger partial charge in [0.1, 0.15) is 22.6 Å². The van der Waals surface area contributed by atoms with Crippen LogP contribution in [0.1, 0.15) is 25.3 Å². The van der Waals surface area contributed by atoms with Crippen molar-refractivity contribution in [1.82, 2.24) is 9.88 Å². The molecule has 2 heterocycles. The number of likely N-dealkylation sites (tertiary alicyclic amines) is 1. The molecular weight excluding hydrogens is 352 g/mol. The van der Waals surface area contributed by atoms with Crippen molar-refractivity contribution in [2.75, 3.05) is 19.7 Å². The summed E-state index contributed by atoms with van der Waals surface area (Å²) in [4.78, 5) is 18.5. The first-order valence-corrected chi connectivity index (χ1v) is 9.29. The monoisotopic (exact) mass is 374 g/mol. The highest BCUT2D eigenvalue weighted by Crippen LogP contribution is 2.25. The van der Waals surface area contributed by atoms with Gasteiger partial charge in [-0.25, -0.2) is 0 Å². The first-order chi connectivity index (χ1) is 12.7. The van der Waals surface area contributed by atoms with Crippen LogP contribution in [0.25, 0.3) is 0 Å². The summed E-state index contributed by atoms with van der Waals surface area (Å²) in [5, 5.41) is 0.491. The molecule has 0 radical (unpaired) electrons.